The molecule has 0 spiro atoms. The number of ether oxygens (including phenoxy) is 1. The van der Waals surface area contributed by atoms with Gasteiger partial charge in [-0.25, -0.2) is 9.18 Å². The van der Waals surface area contributed by atoms with Crippen molar-refractivity contribution in [3.63, 3.8) is 0 Å². The van der Waals surface area contributed by atoms with Gasteiger partial charge in [0.15, 0.2) is 0 Å². The molecule has 2 aromatic carbocycles. The molecule has 35 heavy (non-hydrogen) atoms. The molecule has 0 aromatic heterocycles. The zero-order valence-electron chi connectivity index (χ0n) is 19.5. The van der Waals surface area contributed by atoms with E-state index >= 15 is 0 Å². The van der Waals surface area contributed by atoms with Gasteiger partial charge in [-0.2, -0.15) is 0 Å². The second-order valence-corrected chi connectivity index (χ2v) is 9.95. The van der Waals surface area contributed by atoms with Gasteiger partial charge < -0.3 is 14.7 Å². The van der Waals surface area contributed by atoms with Gasteiger partial charge in [-0.15, -0.1) is 0 Å². The number of ketones is 1. The topological polar surface area (TPSA) is 83.9 Å². The number of Topliss-reactive ketones (excluding diaryl/α,β-unsaturated/α-hetero) is 1. The van der Waals surface area contributed by atoms with Gasteiger partial charge in [-0.1, -0.05) is 35.9 Å². The number of rotatable bonds is 7. The Labute approximate surface area is 209 Å². The molecule has 0 radical (unpaired) electrons. The normalized spacial score (nSPS) is 19.7. The summed E-state index contributed by atoms with van der Waals surface area (Å²) >= 11 is 5.80. The number of nitrogens with zero attached hydrogens (tertiary/aromatic N) is 1. The molecule has 1 aliphatic heterocycles. The summed E-state index contributed by atoms with van der Waals surface area (Å²) in [6, 6.07) is 10.2. The number of benzene rings is 2. The van der Waals surface area contributed by atoms with Gasteiger partial charge >= 0.3 is 12.1 Å². The van der Waals surface area contributed by atoms with Crippen molar-refractivity contribution in [2.45, 2.75) is 64.0 Å². The van der Waals surface area contributed by atoms with Crippen molar-refractivity contribution in [1.29, 1.82) is 0 Å². The van der Waals surface area contributed by atoms with Gasteiger partial charge in [0.1, 0.15) is 17.7 Å². The molecule has 1 saturated carbocycles. The zero-order chi connectivity index (χ0) is 24.9. The summed E-state index contributed by atoms with van der Waals surface area (Å²) in [5.41, 5.74) is 3.76. The number of halogens is 2. The maximum Gasteiger partial charge on any atom is 0.410 e. The SMILES string of the molecule is O=C(O)CC1CCC(OC(=O)N2CCc3cc(CC(=O)Cc4ccc(F)c(Cl)c4)ccc3C2)CC1. The molecule has 1 amide bonds. The van der Waals surface area contributed by atoms with Crippen LogP contribution in [0.3, 0.4) is 0 Å². The quantitative estimate of drug-likeness (QED) is 0.552. The first-order valence-electron chi connectivity index (χ1n) is 12.0. The Balaban J connectivity index is 1.27. The number of carboxylic acid groups (broad SMARTS) is 1. The standard InChI is InChI=1S/C27H29ClFNO5/c28-24-14-19(4-8-25(24)29)13-22(31)12-18-1-5-21-16-30(10-9-20(21)11-18)27(34)35-23-6-2-17(3-7-23)15-26(32)33/h1,4-5,8,11,14,17,23H,2-3,6-7,9-10,12-13,15-16H2,(H,32,33). The van der Waals surface area contributed by atoms with E-state index < -0.39 is 11.8 Å². The number of amides is 1. The Kier molecular flexibility index (Phi) is 8.06. The van der Waals surface area contributed by atoms with E-state index in [0.29, 0.717) is 37.9 Å². The van der Waals surface area contributed by atoms with Crippen LogP contribution in [0.25, 0.3) is 0 Å². The van der Waals surface area contributed by atoms with Crippen LogP contribution in [-0.2, 0) is 40.1 Å². The van der Waals surface area contributed by atoms with Crippen LogP contribution in [-0.4, -0.2) is 40.5 Å². The lowest BCUT2D eigenvalue weighted by Gasteiger charge is -2.32. The van der Waals surface area contributed by atoms with Crippen molar-refractivity contribution in [2.24, 2.45) is 5.92 Å². The number of aliphatic carboxylic acids is 1. The van der Waals surface area contributed by atoms with Gasteiger partial charge in [0.2, 0.25) is 0 Å². The van der Waals surface area contributed by atoms with Crippen LogP contribution in [0.15, 0.2) is 36.4 Å². The molecule has 4 rings (SSSR count). The third-order valence-electron chi connectivity index (χ3n) is 6.85. The largest absolute Gasteiger partial charge is 0.481 e. The average molecular weight is 502 g/mol. The molecule has 6 nitrogen and oxygen atoms in total. The van der Waals surface area contributed by atoms with Crippen LogP contribution in [0.4, 0.5) is 9.18 Å². The van der Waals surface area contributed by atoms with Crippen molar-refractivity contribution in [1.82, 2.24) is 4.90 Å². The number of carboxylic acids is 1. The van der Waals surface area contributed by atoms with Crippen molar-refractivity contribution in [2.75, 3.05) is 6.54 Å². The third-order valence-corrected chi connectivity index (χ3v) is 7.14. The van der Waals surface area contributed by atoms with Crippen LogP contribution >= 0.6 is 11.6 Å². The van der Waals surface area contributed by atoms with Gasteiger partial charge in [0, 0.05) is 32.4 Å². The predicted molar refractivity (Wildman–Crippen MR) is 129 cm³/mol. The highest BCUT2D eigenvalue weighted by atomic mass is 35.5. The first-order chi connectivity index (χ1) is 16.8. The Morgan fingerprint density at radius 2 is 1.69 bits per heavy atom. The number of hydrogen-bond acceptors (Lipinski definition) is 4. The molecule has 1 heterocycles. The number of hydrogen-bond donors (Lipinski definition) is 1. The van der Waals surface area contributed by atoms with Gasteiger partial charge in [0.05, 0.1) is 5.02 Å². The van der Waals surface area contributed by atoms with Crippen LogP contribution in [0, 0.1) is 11.7 Å². The van der Waals surface area contributed by atoms with E-state index in [4.69, 9.17) is 21.4 Å². The minimum atomic E-state index is -0.775. The van der Waals surface area contributed by atoms with Crippen molar-refractivity contribution in [3.05, 3.63) is 69.5 Å². The van der Waals surface area contributed by atoms with Crippen LogP contribution in [0.1, 0.15) is 54.4 Å². The van der Waals surface area contributed by atoms with Gasteiger partial charge in [-0.3, -0.25) is 9.59 Å². The molecule has 8 heteroatoms. The van der Waals surface area contributed by atoms with Crippen LogP contribution in [0.2, 0.25) is 5.02 Å². The van der Waals surface area contributed by atoms with E-state index in [1.807, 2.05) is 18.2 Å². The Hall–Kier alpha value is -2.93. The summed E-state index contributed by atoms with van der Waals surface area (Å²) in [5.74, 6) is -1.09. The highest BCUT2D eigenvalue weighted by molar-refractivity contribution is 6.30. The minimum absolute atomic E-state index is 0.0121. The van der Waals surface area contributed by atoms with Gasteiger partial charge in [0.25, 0.3) is 0 Å². The smallest absolute Gasteiger partial charge is 0.410 e. The van der Waals surface area contributed by atoms with E-state index in [1.54, 1.807) is 11.0 Å². The molecule has 0 unspecified atom stereocenters. The van der Waals surface area contributed by atoms with E-state index in [1.165, 1.54) is 12.1 Å². The minimum Gasteiger partial charge on any atom is -0.481 e. The fourth-order valence-electron chi connectivity index (χ4n) is 4.96. The summed E-state index contributed by atoms with van der Waals surface area (Å²) in [4.78, 5) is 37.8. The summed E-state index contributed by atoms with van der Waals surface area (Å²) in [5, 5.41) is 8.95. The number of fused-ring (bicyclic) bond motifs is 1. The number of carbonyl (C=O) groups is 3. The molecule has 0 atom stereocenters. The van der Waals surface area contributed by atoms with E-state index in [2.05, 4.69) is 0 Å². The monoisotopic (exact) mass is 501 g/mol. The van der Waals surface area contributed by atoms with Crippen molar-refractivity contribution in [3.8, 4) is 0 Å². The second-order valence-electron chi connectivity index (χ2n) is 9.54. The fraction of sp³-hybridized carbons (Fsp3) is 0.444. The second kappa shape index (κ2) is 11.2. The molecular weight excluding hydrogens is 473 g/mol. The van der Waals surface area contributed by atoms with Crippen molar-refractivity contribution < 1.29 is 28.6 Å². The molecular formula is C27H29ClFNO5. The highest BCUT2D eigenvalue weighted by Crippen LogP contribution is 2.29. The first kappa shape index (κ1) is 25.2. The molecule has 1 fully saturated rings. The predicted octanol–water partition coefficient (Wildman–Crippen LogP) is 5.36. The van der Waals surface area contributed by atoms with E-state index in [0.717, 1.165) is 29.5 Å². The van der Waals surface area contributed by atoms with Gasteiger partial charge in [-0.05, 0) is 72.4 Å². The Morgan fingerprint density at radius 3 is 2.37 bits per heavy atom. The number of carbonyl (C=O) groups excluding carboxylic acids is 2. The van der Waals surface area contributed by atoms with E-state index in [-0.39, 0.29) is 48.2 Å². The summed E-state index contributed by atoms with van der Waals surface area (Å²) in [7, 11) is 0. The lowest BCUT2D eigenvalue weighted by Crippen LogP contribution is -2.39. The maximum atomic E-state index is 13.3. The Morgan fingerprint density at radius 1 is 1.00 bits per heavy atom. The molecule has 1 N–H and O–H groups in total. The highest BCUT2D eigenvalue weighted by Gasteiger charge is 2.28. The van der Waals surface area contributed by atoms with Crippen molar-refractivity contribution >= 4 is 29.4 Å². The molecule has 2 aliphatic rings. The maximum absolute atomic E-state index is 13.3. The molecule has 1 aliphatic carbocycles. The lowest BCUT2D eigenvalue weighted by molar-refractivity contribution is -0.138. The van der Waals surface area contributed by atoms with Crippen LogP contribution < -0.4 is 0 Å². The molecule has 186 valence electrons. The summed E-state index contributed by atoms with van der Waals surface area (Å²) < 4.78 is 19.0. The summed E-state index contributed by atoms with van der Waals surface area (Å²) in [6.45, 7) is 1.01. The third kappa shape index (κ3) is 6.82. The zero-order valence-corrected chi connectivity index (χ0v) is 20.2. The Bertz CT molecular complexity index is 1110. The van der Waals surface area contributed by atoms with E-state index in [9.17, 15) is 18.8 Å². The van der Waals surface area contributed by atoms with Crippen LogP contribution in [0.5, 0.6) is 0 Å². The first-order valence-corrected chi connectivity index (χ1v) is 12.4. The average Bonchev–Trinajstić information content (AvgIpc) is 2.82. The fourth-order valence-corrected chi connectivity index (χ4v) is 5.16. The summed E-state index contributed by atoms with van der Waals surface area (Å²) in [6.07, 6.45) is 3.79. The molecule has 0 saturated heterocycles. The molecule has 0 bridgehead atoms. The molecule has 2 aromatic rings. The lowest BCUT2D eigenvalue weighted by atomic mass is 9.85.